The van der Waals surface area contributed by atoms with Crippen molar-refractivity contribution in [1.29, 1.82) is 0 Å². The quantitative estimate of drug-likeness (QED) is 0.438. The molecule has 0 aliphatic rings. The van der Waals surface area contributed by atoms with E-state index in [-0.39, 0.29) is 5.78 Å². The van der Waals surface area contributed by atoms with E-state index in [1.165, 1.54) is 0 Å². The molecule has 0 unspecified atom stereocenters. The van der Waals surface area contributed by atoms with E-state index in [4.69, 9.17) is 11.6 Å². The predicted molar refractivity (Wildman–Crippen MR) is 113 cm³/mol. The van der Waals surface area contributed by atoms with Crippen LogP contribution in [0.5, 0.6) is 0 Å². The fourth-order valence-electron chi connectivity index (χ4n) is 3.32. The van der Waals surface area contributed by atoms with Crippen molar-refractivity contribution in [3.05, 3.63) is 101 Å². The molecule has 5 heteroatoms. The van der Waals surface area contributed by atoms with E-state index in [0.717, 1.165) is 27.9 Å². The van der Waals surface area contributed by atoms with Crippen molar-refractivity contribution in [2.75, 3.05) is 6.54 Å². The van der Waals surface area contributed by atoms with Crippen molar-refractivity contribution < 1.29 is 4.79 Å². The monoisotopic (exact) mass is 389 g/mol. The number of carbonyl (C=O) groups is 1. The van der Waals surface area contributed by atoms with Crippen LogP contribution < -0.4 is 5.32 Å². The molecule has 4 nitrogen and oxygen atoms in total. The fourth-order valence-corrected chi connectivity index (χ4v) is 3.45. The Morgan fingerprint density at radius 1 is 1.04 bits per heavy atom. The van der Waals surface area contributed by atoms with Gasteiger partial charge in [0.1, 0.15) is 6.04 Å². The number of fused-ring (bicyclic) bond motifs is 1. The number of benzene rings is 2. The molecular formula is C23H20ClN3O. The molecule has 2 heterocycles. The van der Waals surface area contributed by atoms with Crippen molar-refractivity contribution in [3.63, 3.8) is 0 Å². The van der Waals surface area contributed by atoms with Gasteiger partial charge in [0.05, 0.1) is 5.69 Å². The predicted octanol–water partition coefficient (Wildman–Crippen LogP) is 4.97. The van der Waals surface area contributed by atoms with Gasteiger partial charge in [0.25, 0.3) is 0 Å². The summed E-state index contributed by atoms with van der Waals surface area (Å²) in [6.45, 7) is 0.650. The Bertz CT molecular complexity index is 1070. The van der Waals surface area contributed by atoms with E-state index in [9.17, 15) is 4.79 Å². The van der Waals surface area contributed by atoms with Crippen LogP contribution in [-0.2, 0) is 6.42 Å². The van der Waals surface area contributed by atoms with Gasteiger partial charge >= 0.3 is 0 Å². The summed E-state index contributed by atoms with van der Waals surface area (Å²) in [4.78, 5) is 21.0. The highest BCUT2D eigenvalue weighted by molar-refractivity contribution is 6.30. The zero-order valence-electron chi connectivity index (χ0n) is 15.2. The van der Waals surface area contributed by atoms with Crippen LogP contribution in [0.15, 0.2) is 79.1 Å². The summed E-state index contributed by atoms with van der Waals surface area (Å²) >= 11 is 5.95. The van der Waals surface area contributed by atoms with E-state index in [2.05, 4.69) is 15.3 Å². The summed E-state index contributed by atoms with van der Waals surface area (Å²) in [5.74, 6) is 0.00672. The number of aromatic nitrogens is 2. The Labute approximate surface area is 168 Å². The van der Waals surface area contributed by atoms with Crippen LogP contribution in [0.1, 0.15) is 27.7 Å². The molecule has 0 radical (unpaired) electrons. The lowest BCUT2D eigenvalue weighted by Gasteiger charge is -2.17. The SMILES string of the molecule is O=C(c1c[nH]c2ccccc12)[C@H](NCCc1ccc(Cl)cc1)c1ccccn1. The molecule has 0 spiro atoms. The van der Waals surface area contributed by atoms with Gasteiger partial charge < -0.3 is 10.3 Å². The van der Waals surface area contributed by atoms with Crippen molar-refractivity contribution >= 4 is 28.3 Å². The second-order valence-electron chi connectivity index (χ2n) is 6.63. The van der Waals surface area contributed by atoms with Crippen LogP contribution >= 0.6 is 11.6 Å². The van der Waals surface area contributed by atoms with Gasteiger partial charge in [-0.1, -0.05) is 48.0 Å². The highest BCUT2D eigenvalue weighted by Crippen LogP contribution is 2.24. The molecule has 0 fully saturated rings. The van der Waals surface area contributed by atoms with Gasteiger partial charge in [-0.15, -0.1) is 0 Å². The molecule has 140 valence electrons. The lowest BCUT2D eigenvalue weighted by Crippen LogP contribution is -2.31. The third-order valence-electron chi connectivity index (χ3n) is 4.78. The van der Waals surface area contributed by atoms with E-state index < -0.39 is 6.04 Å². The zero-order valence-corrected chi connectivity index (χ0v) is 16.0. The number of pyridine rings is 1. The number of carbonyl (C=O) groups excluding carboxylic acids is 1. The maximum Gasteiger partial charge on any atom is 0.188 e. The van der Waals surface area contributed by atoms with Gasteiger partial charge in [0.15, 0.2) is 5.78 Å². The highest BCUT2D eigenvalue weighted by atomic mass is 35.5. The van der Waals surface area contributed by atoms with Gasteiger partial charge in [-0.3, -0.25) is 9.78 Å². The molecule has 0 aliphatic carbocycles. The van der Waals surface area contributed by atoms with Crippen LogP contribution in [0.2, 0.25) is 5.02 Å². The van der Waals surface area contributed by atoms with Gasteiger partial charge in [0, 0.05) is 40.4 Å². The maximum atomic E-state index is 13.4. The molecule has 4 rings (SSSR count). The van der Waals surface area contributed by atoms with Crippen LogP contribution in [0.3, 0.4) is 0 Å². The Hall–Kier alpha value is -2.95. The molecule has 1 atom stereocenters. The summed E-state index contributed by atoms with van der Waals surface area (Å²) in [7, 11) is 0. The Morgan fingerprint density at radius 3 is 2.61 bits per heavy atom. The van der Waals surface area contributed by atoms with Gasteiger partial charge in [-0.05, 0) is 42.3 Å². The minimum Gasteiger partial charge on any atom is -0.360 e. The molecule has 0 amide bonds. The van der Waals surface area contributed by atoms with E-state index >= 15 is 0 Å². The average molecular weight is 390 g/mol. The number of para-hydroxylation sites is 1. The van der Waals surface area contributed by atoms with E-state index in [1.807, 2.05) is 66.7 Å². The van der Waals surface area contributed by atoms with Gasteiger partial charge in [-0.2, -0.15) is 0 Å². The molecule has 0 saturated carbocycles. The number of aromatic amines is 1. The lowest BCUT2D eigenvalue weighted by atomic mass is 10.00. The van der Waals surface area contributed by atoms with Gasteiger partial charge in [-0.25, -0.2) is 0 Å². The second-order valence-corrected chi connectivity index (χ2v) is 7.07. The highest BCUT2D eigenvalue weighted by Gasteiger charge is 2.24. The van der Waals surface area contributed by atoms with Crippen molar-refractivity contribution in [3.8, 4) is 0 Å². The minimum atomic E-state index is -0.507. The van der Waals surface area contributed by atoms with E-state index in [1.54, 1.807) is 12.4 Å². The third-order valence-corrected chi connectivity index (χ3v) is 5.03. The average Bonchev–Trinajstić information content (AvgIpc) is 3.17. The molecule has 0 saturated heterocycles. The van der Waals surface area contributed by atoms with Gasteiger partial charge in [0.2, 0.25) is 0 Å². The summed E-state index contributed by atoms with van der Waals surface area (Å²) in [5.41, 5.74) is 3.50. The molecule has 2 aromatic carbocycles. The maximum absolute atomic E-state index is 13.4. The first kappa shape index (κ1) is 18.4. The fraction of sp³-hybridized carbons (Fsp3) is 0.130. The summed E-state index contributed by atoms with van der Waals surface area (Å²) in [5, 5.41) is 5.04. The number of ketones is 1. The first-order chi connectivity index (χ1) is 13.7. The Morgan fingerprint density at radius 2 is 1.82 bits per heavy atom. The Kier molecular flexibility index (Phi) is 5.51. The first-order valence-corrected chi connectivity index (χ1v) is 9.59. The van der Waals surface area contributed by atoms with Crippen LogP contribution in [0, 0.1) is 0 Å². The smallest absolute Gasteiger partial charge is 0.188 e. The zero-order chi connectivity index (χ0) is 19.3. The lowest BCUT2D eigenvalue weighted by molar-refractivity contribution is 0.0943. The normalized spacial score (nSPS) is 12.2. The number of halogens is 1. The van der Waals surface area contributed by atoms with E-state index in [0.29, 0.717) is 17.8 Å². The van der Waals surface area contributed by atoms with Crippen molar-refractivity contribution in [2.45, 2.75) is 12.5 Å². The van der Waals surface area contributed by atoms with Crippen LogP contribution in [0.25, 0.3) is 10.9 Å². The number of hydrogen-bond acceptors (Lipinski definition) is 3. The minimum absolute atomic E-state index is 0.00672. The second kappa shape index (κ2) is 8.38. The summed E-state index contributed by atoms with van der Waals surface area (Å²) in [6, 6.07) is 20.7. The molecular weight excluding hydrogens is 370 g/mol. The molecule has 0 bridgehead atoms. The number of nitrogens with one attached hydrogen (secondary N) is 2. The largest absolute Gasteiger partial charge is 0.360 e. The van der Waals surface area contributed by atoms with Crippen molar-refractivity contribution in [1.82, 2.24) is 15.3 Å². The molecule has 0 aliphatic heterocycles. The van der Waals surface area contributed by atoms with Crippen molar-refractivity contribution in [2.24, 2.45) is 0 Å². The number of rotatable bonds is 7. The number of H-pyrrole nitrogens is 1. The molecule has 2 aromatic heterocycles. The van der Waals surface area contributed by atoms with Crippen LogP contribution in [-0.4, -0.2) is 22.3 Å². The summed E-state index contributed by atoms with van der Waals surface area (Å²) in [6.07, 6.45) is 4.29. The topological polar surface area (TPSA) is 57.8 Å². The standard InChI is InChI=1S/C23H20ClN3O/c24-17-10-8-16(9-11-17)12-14-26-22(21-7-3-4-13-25-21)23(28)19-15-27-20-6-2-1-5-18(19)20/h1-11,13,15,22,26-27H,12,14H2/t22-/m1/s1. The number of nitrogens with zero attached hydrogens (tertiary/aromatic N) is 1. The van der Waals surface area contributed by atoms with Crippen LogP contribution in [0.4, 0.5) is 0 Å². The summed E-state index contributed by atoms with van der Waals surface area (Å²) < 4.78 is 0. The number of Topliss-reactive ketones (excluding diaryl/α,β-unsaturated/α-hetero) is 1. The molecule has 28 heavy (non-hydrogen) atoms. The Balaban J connectivity index is 1.57. The first-order valence-electron chi connectivity index (χ1n) is 9.21. The molecule has 4 aromatic rings. The number of hydrogen-bond donors (Lipinski definition) is 2. The third kappa shape index (κ3) is 3.98. The molecule has 2 N–H and O–H groups in total.